The van der Waals surface area contributed by atoms with Crippen molar-refractivity contribution in [2.75, 3.05) is 0 Å². The van der Waals surface area contributed by atoms with E-state index in [4.69, 9.17) is 13.3 Å². The minimum absolute atomic E-state index is 0.445. The van der Waals surface area contributed by atoms with Gasteiger partial charge in [0.15, 0.2) is 5.76 Å². The Balaban J connectivity index is 1.44. The van der Waals surface area contributed by atoms with Crippen LogP contribution in [0.1, 0.15) is 11.7 Å². The molecule has 6 nitrogen and oxygen atoms in total. The third kappa shape index (κ3) is 2.98. The molecule has 3 heterocycles. The number of benzene rings is 1. The molecular formula is C17H13N3O3S. The van der Waals surface area contributed by atoms with E-state index in [-0.39, 0.29) is 0 Å². The van der Waals surface area contributed by atoms with E-state index >= 15 is 0 Å². The van der Waals surface area contributed by atoms with Gasteiger partial charge in [0.1, 0.15) is 5.76 Å². The van der Waals surface area contributed by atoms with Crippen LogP contribution in [-0.4, -0.2) is 15.2 Å². The van der Waals surface area contributed by atoms with Crippen molar-refractivity contribution in [2.45, 2.75) is 17.9 Å². The molecule has 0 aliphatic rings. The van der Waals surface area contributed by atoms with E-state index in [0.717, 1.165) is 22.6 Å². The zero-order valence-electron chi connectivity index (χ0n) is 12.8. The summed E-state index contributed by atoms with van der Waals surface area (Å²) >= 11 is 1.38. The van der Waals surface area contributed by atoms with Gasteiger partial charge in [0, 0.05) is 5.56 Å². The first-order chi connectivity index (χ1) is 11.8. The van der Waals surface area contributed by atoms with Crippen LogP contribution in [0, 0.1) is 6.92 Å². The zero-order chi connectivity index (χ0) is 16.4. The summed E-state index contributed by atoms with van der Waals surface area (Å²) in [7, 11) is 0. The van der Waals surface area contributed by atoms with Crippen molar-refractivity contribution in [2.24, 2.45) is 0 Å². The highest BCUT2D eigenvalue weighted by atomic mass is 32.2. The van der Waals surface area contributed by atoms with Crippen LogP contribution < -0.4 is 0 Å². The lowest BCUT2D eigenvalue weighted by atomic mass is 10.2. The zero-order valence-corrected chi connectivity index (χ0v) is 13.6. The van der Waals surface area contributed by atoms with Gasteiger partial charge in [-0.3, -0.25) is 0 Å². The molecule has 0 radical (unpaired) electrons. The summed E-state index contributed by atoms with van der Waals surface area (Å²) in [6, 6.07) is 11.7. The van der Waals surface area contributed by atoms with E-state index in [2.05, 4.69) is 15.2 Å². The van der Waals surface area contributed by atoms with E-state index in [1.807, 2.05) is 37.3 Å². The van der Waals surface area contributed by atoms with Crippen molar-refractivity contribution in [1.82, 2.24) is 15.2 Å². The van der Waals surface area contributed by atoms with Crippen LogP contribution in [0.5, 0.6) is 0 Å². The SMILES string of the molecule is Cc1occc1-c1nnc(SCc2ncc(-c3ccccc3)o2)o1. The molecule has 0 atom stereocenters. The fraction of sp³-hybridized carbons (Fsp3) is 0.118. The van der Waals surface area contributed by atoms with Gasteiger partial charge in [0.05, 0.1) is 23.8 Å². The highest BCUT2D eigenvalue weighted by Crippen LogP contribution is 2.28. The van der Waals surface area contributed by atoms with Gasteiger partial charge in [0.2, 0.25) is 5.89 Å². The number of thioether (sulfide) groups is 1. The number of nitrogens with zero attached hydrogens (tertiary/aromatic N) is 3. The summed E-state index contributed by atoms with van der Waals surface area (Å²) in [5.41, 5.74) is 1.80. The Morgan fingerprint density at radius 2 is 1.92 bits per heavy atom. The van der Waals surface area contributed by atoms with Crippen LogP contribution in [0.15, 0.2) is 67.3 Å². The summed E-state index contributed by atoms with van der Waals surface area (Å²) in [5, 5.41) is 8.53. The lowest BCUT2D eigenvalue weighted by Crippen LogP contribution is -1.79. The van der Waals surface area contributed by atoms with Crippen molar-refractivity contribution in [3.63, 3.8) is 0 Å². The molecule has 0 N–H and O–H groups in total. The molecule has 7 heteroatoms. The Morgan fingerprint density at radius 1 is 1.04 bits per heavy atom. The number of hydrogen-bond donors (Lipinski definition) is 0. The van der Waals surface area contributed by atoms with Gasteiger partial charge >= 0.3 is 0 Å². The summed E-state index contributed by atoms with van der Waals surface area (Å²) in [4.78, 5) is 4.29. The Hall–Kier alpha value is -2.80. The maximum Gasteiger partial charge on any atom is 0.277 e. The predicted octanol–water partition coefficient (Wildman–Crippen LogP) is 4.59. The number of oxazole rings is 1. The average Bonchev–Trinajstić information content (AvgIpc) is 3.34. The molecule has 0 aliphatic heterocycles. The van der Waals surface area contributed by atoms with E-state index in [1.165, 1.54) is 11.8 Å². The van der Waals surface area contributed by atoms with E-state index in [0.29, 0.717) is 22.8 Å². The number of hydrogen-bond acceptors (Lipinski definition) is 7. The second-order valence-electron chi connectivity index (χ2n) is 5.04. The first-order valence-electron chi connectivity index (χ1n) is 7.30. The third-order valence-electron chi connectivity index (χ3n) is 3.43. The smallest absolute Gasteiger partial charge is 0.277 e. The number of furan rings is 1. The van der Waals surface area contributed by atoms with Crippen molar-refractivity contribution < 1.29 is 13.3 Å². The largest absolute Gasteiger partial charge is 0.469 e. The normalized spacial score (nSPS) is 11.0. The lowest BCUT2D eigenvalue weighted by molar-refractivity contribution is 0.462. The molecule has 120 valence electrons. The fourth-order valence-corrected chi connectivity index (χ4v) is 2.84. The van der Waals surface area contributed by atoms with Gasteiger partial charge < -0.3 is 13.3 Å². The molecule has 0 fully saturated rings. The van der Waals surface area contributed by atoms with Crippen LogP contribution in [0.4, 0.5) is 0 Å². The van der Waals surface area contributed by atoms with Crippen LogP contribution in [0.25, 0.3) is 22.8 Å². The Bertz CT molecular complexity index is 943. The first kappa shape index (κ1) is 14.8. The molecule has 1 aromatic carbocycles. The molecule has 0 amide bonds. The monoisotopic (exact) mass is 339 g/mol. The van der Waals surface area contributed by atoms with Gasteiger partial charge in [-0.15, -0.1) is 10.2 Å². The maximum absolute atomic E-state index is 5.75. The first-order valence-corrected chi connectivity index (χ1v) is 8.29. The molecule has 4 rings (SSSR count). The molecule has 0 aliphatic carbocycles. The van der Waals surface area contributed by atoms with Gasteiger partial charge in [0.25, 0.3) is 11.1 Å². The third-order valence-corrected chi connectivity index (χ3v) is 4.23. The van der Waals surface area contributed by atoms with Crippen molar-refractivity contribution in [1.29, 1.82) is 0 Å². The average molecular weight is 339 g/mol. The molecule has 0 bridgehead atoms. The van der Waals surface area contributed by atoms with Gasteiger partial charge in [-0.25, -0.2) is 4.98 Å². The van der Waals surface area contributed by atoms with Crippen LogP contribution >= 0.6 is 11.8 Å². The number of aryl methyl sites for hydroxylation is 1. The number of aromatic nitrogens is 3. The summed E-state index contributed by atoms with van der Waals surface area (Å²) in [6.07, 6.45) is 3.32. The predicted molar refractivity (Wildman–Crippen MR) is 88.2 cm³/mol. The highest BCUT2D eigenvalue weighted by molar-refractivity contribution is 7.98. The van der Waals surface area contributed by atoms with E-state index < -0.39 is 0 Å². The van der Waals surface area contributed by atoms with Crippen molar-refractivity contribution in [3.8, 4) is 22.8 Å². The second kappa shape index (κ2) is 6.37. The number of rotatable bonds is 5. The van der Waals surface area contributed by atoms with Crippen LogP contribution in [0.2, 0.25) is 0 Å². The lowest BCUT2D eigenvalue weighted by Gasteiger charge is -1.94. The molecule has 0 saturated heterocycles. The van der Waals surface area contributed by atoms with E-state index in [9.17, 15) is 0 Å². The van der Waals surface area contributed by atoms with Crippen LogP contribution in [0.3, 0.4) is 0 Å². The van der Waals surface area contributed by atoms with E-state index in [1.54, 1.807) is 18.5 Å². The molecule has 0 unspecified atom stereocenters. The molecule has 24 heavy (non-hydrogen) atoms. The minimum Gasteiger partial charge on any atom is -0.469 e. The maximum atomic E-state index is 5.75. The van der Waals surface area contributed by atoms with Gasteiger partial charge in [-0.05, 0) is 13.0 Å². The molecule has 0 spiro atoms. The molecule has 4 aromatic rings. The Labute approximate surface area is 141 Å². The second-order valence-corrected chi connectivity index (χ2v) is 5.96. The topological polar surface area (TPSA) is 78.1 Å². The highest BCUT2D eigenvalue weighted by Gasteiger charge is 2.14. The Morgan fingerprint density at radius 3 is 2.71 bits per heavy atom. The fourth-order valence-electron chi connectivity index (χ4n) is 2.22. The summed E-state index contributed by atoms with van der Waals surface area (Å²) in [6.45, 7) is 1.85. The molecule has 0 saturated carbocycles. The van der Waals surface area contributed by atoms with Gasteiger partial charge in [-0.1, -0.05) is 42.1 Å². The van der Waals surface area contributed by atoms with Crippen LogP contribution in [-0.2, 0) is 5.75 Å². The minimum atomic E-state index is 0.445. The summed E-state index contributed by atoms with van der Waals surface area (Å²) in [5.74, 6) is 3.06. The molecule has 3 aromatic heterocycles. The molecular weight excluding hydrogens is 326 g/mol. The Kier molecular flexibility index (Phi) is 3.92. The standard InChI is InChI=1S/C17H13N3O3S/c1-11-13(7-8-21-11)16-19-20-17(23-16)24-10-15-18-9-14(22-15)12-5-3-2-4-6-12/h2-9H,10H2,1H3. The van der Waals surface area contributed by atoms with Gasteiger partial charge in [-0.2, -0.15) is 0 Å². The quantitative estimate of drug-likeness (QED) is 0.492. The van der Waals surface area contributed by atoms with Crippen molar-refractivity contribution in [3.05, 3.63) is 60.5 Å². The summed E-state index contributed by atoms with van der Waals surface area (Å²) < 4.78 is 16.6. The van der Waals surface area contributed by atoms with Crippen molar-refractivity contribution >= 4 is 11.8 Å².